The monoisotopic (exact) mass is 442 g/mol. The van der Waals surface area contributed by atoms with E-state index in [4.69, 9.17) is 0 Å². The minimum atomic E-state index is -0.783. The van der Waals surface area contributed by atoms with Crippen LogP contribution in [0.5, 0.6) is 0 Å². The highest BCUT2D eigenvalue weighted by Crippen LogP contribution is 2.14. The largest absolute Gasteiger partial charge is 0.317 e. The van der Waals surface area contributed by atoms with Gasteiger partial charge in [-0.3, -0.25) is 24.5 Å². The molecule has 0 atom stereocenters. The van der Waals surface area contributed by atoms with Crippen LogP contribution in [0.4, 0.5) is 5.69 Å². The number of hydrazone groups is 1. The van der Waals surface area contributed by atoms with Crippen LogP contribution >= 0.6 is 0 Å². The van der Waals surface area contributed by atoms with Gasteiger partial charge in [-0.1, -0.05) is 48.5 Å². The summed E-state index contributed by atoms with van der Waals surface area (Å²) >= 11 is 0. The SMILES string of the molecule is O=C(NN=CC(=O)c1ccccc1)/C(=C\c1ccc([N+](=O)[O-])cc1)NC(=O)c1ccccc1. The minimum Gasteiger partial charge on any atom is -0.317 e. The number of hydrogen-bond acceptors (Lipinski definition) is 6. The Balaban J connectivity index is 1.80. The van der Waals surface area contributed by atoms with E-state index >= 15 is 0 Å². The molecular formula is C24H18N4O5. The number of non-ortho nitro benzene ring substituents is 1. The summed E-state index contributed by atoms with van der Waals surface area (Å²) in [5.41, 5.74) is 3.08. The van der Waals surface area contributed by atoms with Gasteiger partial charge in [0.15, 0.2) is 0 Å². The minimum absolute atomic E-state index is 0.115. The molecule has 0 spiro atoms. The molecule has 0 bridgehead atoms. The number of nitrogens with zero attached hydrogens (tertiary/aromatic N) is 2. The molecule has 3 aromatic rings. The van der Waals surface area contributed by atoms with Crippen LogP contribution in [0, 0.1) is 10.1 Å². The second-order valence-corrected chi connectivity index (χ2v) is 6.66. The lowest BCUT2D eigenvalue weighted by Crippen LogP contribution is -2.33. The van der Waals surface area contributed by atoms with Gasteiger partial charge in [0.1, 0.15) is 5.70 Å². The fraction of sp³-hybridized carbons (Fsp3) is 0. The maximum Gasteiger partial charge on any atom is 0.287 e. The molecular weight excluding hydrogens is 424 g/mol. The van der Waals surface area contributed by atoms with Gasteiger partial charge in [0.25, 0.3) is 17.5 Å². The first-order chi connectivity index (χ1) is 15.9. The molecule has 3 aromatic carbocycles. The van der Waals surface area contributed by atoms with Gasteiger partial charge in [0, 0.05) is 23.3 Å². The summed E-state index contributed by atoms with van der Waals surface area (Å²) in [6, 6.07) is 22.0. The molecule has 33 heavy (non-hydrogen) atoms. The Bertz CT molecular complexity index is 1220. The molecule has 0 aliphatic carbocycles. The highest BCUT2D eigenvalue weighted by Gasteiger charge is 2.15. The number of amides is 2. The Labute approximate surface area is 188 Å². The summed E-state index contributed by atoms with van der Waals surface area (Å²) in [7, 11) is 0. The number of carbonyl (C=O) groups is 3. The van der Waals surface area contributed by atoms with Crippen molar-refractivity contribution in [1.82, 2.24) is 10.7 Å². The Kier molecular flexibility index (Phi) is 7.53. The zero-order chi connectivity index (χ0) is 23.6. The number of carbonyl (C=O) groups excluding carboxylic acids is 3. The van der Waals surface area contributed by atoms with E-state index in [1.54, 1.807) is 60.7 Å². The second kappa shape index (κ2) is 10.9. The molecule has 164 valence electrons. The van der Waals surface area contributed by atoms with Crippen LogP contribution in [0.25, 0.3) is 6.08 Å². The standard InChI is InChI=1S/C24H18N4O5/c29-22(18-7-3-1-4-8-18)16-25-27-24(31)21(26-23(30)19-9-5-2-6-10-19)15-17-11-13-20(14-12-17)28(32)33/h1-16H,(H,26,30)(H,27,31)/b21-15+,25-16?. The smallest absolute Gasteiger partial charge is 0.287 e. The third-order valence-electron chi connectivity index (χ3n) is 4.35. The molecule has 0 fully saturated rings. The Morgan fingerprint density at radius 2 is 1.39 bits per heavy atom. The topological polar surface area (TPSA) is 131 Å². The van der Waals surface area contributed by atoms with Crippen molar-refractivity contribution in [3.8, 4) is 0 Å². The van der Waals surface area contributed by atoms with Crippen molar-refractivity contribution >= 4 is 35.6 Å². The van der Waals surface area contributed by atoms with E-state index in [9.17, 15) is 24.5 Å². The maximum absolute atomic E-state index is 12.7. The Hall–Kier alpha value is -4.92. The average molecular weight is 442 g/mol. The van der Waals surface area contributed by atoms with Gasteiger partial charge in [-0.2, -0.15) is 5.10 Å². The predicted octanol–water partition coefficient (Wildman–Crippen LogP) is 3.35. The first-order valence-electron chi connectivity index (χ1n) is 9.69. The van der Waals surface area contributed by atoms with Crippen molar-refractivity contribution in [2.75, 3.05) is 0 Å². The number of rotatable bonds is 8. The van der Waals surface area contributed by atoms with Gasteiger partial charge in [-0.25, -0.2) is 5.43 Å². The van der Waals surface area contributed by atoms with E-state index in [2.05, 4.69) is 15.8 Å². The Morgan fingerprint density at radius 1 is 0.818 bits per heavy atom. The normalized spacial score (nSPS) is 11.1. The predicted molar refractivity (Wildman–Crippen MR) is 122 cm³/mol. The third kappa shape index (κ3) is 6.53. The number of Topliss-reactive ketones (excluding diaryl/α,β-unsaturated/α-hetero) is 1. The van der Waals surface area contributed by atoms with Crippen LogP contribution in [0.3, 0.4) is 0 Å². The van der Waals surface area contributed by atoms with Crippen LogP contribution in [0.2, 0.25) is 0 Å². The summed E-state index contributed by atoms with van der Waals surface area (Å²) in [6.45, 7) is 0. The van der Waals surface area contributed by atoms with Gasteiger partial charge >= 0.3 is 0 Å². The van der Waals surface area contributed by atoms with E-state index < -0.39 is 22.5 Å². The van der Waals surface area contributed by atoms with Crippen molar-refractivity contribution in [1.29, 1.82) is 0 Å². The van der Waals surface area contributed by atoms with Crippen LogP contribution in [0.1, 0.15) is 26.3 Å². The van der Waals surface area contributed by atoms with Gasteiger partial charge in [0.2, 0.25) is 5.78 Å². The molecule has 2 amide bonds. The summed E-state index contributed by atoms with van der Waals surface area (Å²) < 4.78 is 0. The molecule has 3 rings (SSSR count). The summed E-state index contributed by atoms with van der Waals surface area (Å²) in [5.74, 6) is -1.73. The lowest BCUT2D eigenvalue weighted by Gasteiger charge is -2.09. The number of nitrogens with one attached hydrogen (secondary N) is 2. The van der Waals surface area contributed by atoms with Gasteiger partial charge in [0.05, 0.1) is 11.1 Å². The number of benzene rings is 3. The van der Waals surface area contributed by atoms with E-state index in [1.165, 1.54) is 30.3 Å². The number of nitro groups is 1. The first kappa shape index (κ1) is 22.8. The zero-order valence-corrected chi connectivity index (χ0v) is 17.2. The third-order valence-corrected chi connectivity index (χ3v) is 4.35. The Morgan fingerprint density at radius 3 is 1.97 bits per heavy atom. The van der Waals surface area contributed by atoms with Crippen molar-refractivity contribution in [3.05, 3.63) is 117 Å². The van der Waals surface area contributed by atoms with Crippen molar-refractivity contribution in [3.63, 3.8) is 0 Å². The van der Waals surface area contributed by atoms with Gasteiger partial charge in [-0.05, 0) is 35.9 Å². The highest BCUT2D eigenvalue weighted by molar-refractivity contribution is 6.35. The molecule has 2 N–H and O–H groups in total. The van der Waals surface area contributed by atoms with Crippen LogP contribution in [0.15, 0.2) is 95.7 Å². The van der Waals surface area contributed by atoms with E-state index in [0.29, 0.717) is 16.7 Å². The second-order valence-electron chi connectivity index (χ2n) is 6.66. The zero-order valence-electron chi connectivity index (χ0n) is 17.2. The highest BCUT2D eigenvalue weighted by atomic mass is 16.6. The quantitative estimate of drug-likeness (QED) is 0.182. The molecule has 0 saturated heterocycles. The molecule has 0 unspecified atom stereocenters. The molecule has 0 saturated carbocycles. The maximum atomic E-state index is 12.7. The van der Waals surface area contributed by atoms with Crippen molar-refractivity contribution in [2.45, 2.75) is 0 Å². The summed E-state index contributed by atoms with van der Waals surface area (Å²) in [4.78, 5) is 47.6. The van der Waals surface area contributed by atoms with Crippen molar-refractivity contribution in [2.24, 2.45) is 5.10 Å². The van der Waals surface area contributed by atoms with E-state index in [-0.39, 0.29) is 11.4 Å². The van der Waals surface area contributed by atoms with Gasteiger partial charge in [-0.15, -0.1) is 0 Å². The average Bonchev–Trinajstić information content (AvgIpc) is 2.84. The number of ketones is 1. The van der Waals surface area contributed by atoms with E-state index in [0.717, 1.165) is 6.21 Å². The molecule has 9 heteroatoms. The molecule has 0 heterocycles. The molecule has 0 radical (unpaired) electrons. The molecule has 0 aliphatic heterocycles. The fourth-order valence-electron chi connectivity index (χ4n) is 2.69. The lowest BCUT2D eigenvalue weighted by molar-refractivity contribution is -0.384. The van der Waals surface area contributed by atoms with Crippen LogP contribution in [-0.4, -0.2) is 28.7 Å². The number of nitro benzene ring substituents is 1. The lowest BCUT2D eigenvalue weighted by atomic mass is 10.1. The fourth-order valence-corrected chi connectivity index (χ4v) is 2.69. The summed E-state index contributed by atoms with van der Waals surface area (Å²) in [5, 5.41) is 17.0. The molecule has 9 nitrogen and oxygen atoms in total. The molecule has 0 aromatic heterocycles. The van der Waals surface area contributed by atoms with Gasteiger partial charge < -0.3 is 5.32 Å². The van der Waals surface area contributed by atoms with Crippen molar-refractivity contribution < 1.29 is 19.3 Å². The van der Waals surface area contributed by atoms with E-state index in [1.807, 2.05) is 0 Å². The molecule has 0 aliphatic rings. The van der Waals surface area contributed by atoms with Crippen LogP contribution in [-0.2, 0) is 4.79 Å². The van der Waals surface area contributed by atoms with Crippen LogP contribution < -0.4 is 10.7 Å². The number of hydrogen-bond donors (Lipinski definition) is 2. The summed E-state index contributed by atoms with van der Waals surface area (Å²) in [6.07, 6.45) is 2.30. The first-order valence-corrected chi connectivity index (χ1v) is 9.69.